The zero-order valence-corrected chi connectivity index (χ0v) is 9.67. The molecule has 1 atom stereocenters. The van der Waals surface area contributed by atoms with E-state index in [-0.39, 0.29) is 5.91 Å². The molecule has 0 aromatic carbocycles. The summed E-state index contributed by atoms with van der Waals surface area (Å²) in [5.41, 5.74) is 5.19. The molecule has 0 radical (unpaired) electrons. The SMILES string of the molecule is CCCN(CCC(N)=O)C1CCCNC1. The van der Waals surface area contributed by atoms with Crippen LogP contribution in [0.1, 0.15) is 32.6 Å². The van der Waals surface area contributed by atoms with E-state index in [1.54, 1.807) is 0 Å². The van der Waals surface area contributed by atoms with Crippen LogP contribution in [0.5, 0.6) is 0 Å². The number of carbonyl (C=O) groups excluding carboxylic acids is 1. The number of nitrogens with zero attached hydrogens (tertiary/aromatic N) is 1. The molecule has 1 unspecified atom stereocenters. The van der Waals surface area contributed by atoms with Crippen LogP contribution in [0.3, 0.4) is 0 Å². The molecule has 1 heterocycles. The van der Waals surface area contributed by atoms with Crippen molar-refractivity contribution in [3.8, 4) is 0 Å². The summed E-state index contributed by atoms with van der Waals surface area (Å²) in [5, 5.41) is 3.40. The first-order valence-corrected chi connectivity index (χ1v) is 5.97. The lowest BCUT2D eigenvalue weighted by atomic mass is 10.1. The van der Waals surface area contributed by atoms with Gasteiger partial charge in [0.1, 0.15) is 0 Å². The summed E-state index contributed by atoms with van der Waals surface area (Å²) in [7, 11) is 0. The van der Waals surface area contributed by atoms with Gasteiger partial charge < -0.3 is 11.1 Å². The van der Waals surface area contributed by atoms with E-state index >= 15 is 0 Å². The summed E-state index contributed by atoms with van der Waals surface area (Å²) in [5.74, 6) is -0.195. The molecule has 1 aliphatic rings. The fourth-order valence-electron chi connectivity index (χ4n) is 2.16. The molecule has 0 spiro atoms. The van der Waals surface area contributed by atoms with Gasteiger partial charge in [0, 0.05) is 25.6 Å². The highest BCUT2D eigenvalue weighted by molar-refractivity contribution is 5.73. The summed E-state index contributed by atoms with van der Waals surface area (Å²) in [6.45, 7) is 6.24. The first kappa shape index (κ1) is 12.5. The van der Waals surface area contributed by atoms with E-state index in [9.17, 15) is 4.79 Å². The molecule has 15 heavy (non-hydrogen) atoms. The van der Waals surface area contributed by atoms with Crippen molar-refractivity contribution in [1.82, 2.24) is 10.2 Å². The minimum Gasteiger partial charge on any atom is -0.370 e. The smallest absolute Gasteiger partial charge is 0.218 e. The van der Waals surface area contributed by atoms with Gasteiger partial charge in [0.2, 0.25) is 5.91 Å². The van der Waals surface area contributed by atoms with Gasteiger partial charge >= 0.3 is 0 Å². The van der Waals surface area contributed by atoms with E-state index < -0.39 is 0 Å². The monoisotopic (exact) mass is 213 g/mol. The lowest BCUT2D eigenvalue weighted by Gasteiger charge is -2.34. The summed E-state index contributed by atoms with van der Waals surface area (Å²) < 4.78 is 0. The highest BCUT2D eigenvalue weighted by atomic mass is 16.1. The second-order valence-electron chi connectivity index (χ2n) is 4.25. The maximum absolute atomic E-state index is 10.8. The first-order chi connectivity index (χ1) is 7.24. The maximum Gasteiger partial charge on any atom is 0.218 e. The van der Waals surface area contributed by atoms with Crippen LogP contribution in [-0.2, 0) is 4.79 Å². The minimum atomic E-state index is -0.195. The van der Waals surface area contributed by atoms with Crippen molar-refractivity contribution < 1.29 is 4.79 Å². The second-order valence-corrected chi connectivity index (χ2v) is 4.25. The van der Waals surface area contributed by atoms with Gasteiger partial charge in [-0.1, -0.05) is 6.92 Å². The summed E-state index contributed by atoms with van der Waals surface area (Å²) in [6, 6.07) is 0.595. The molecule has 0 bridgehead atoms. The number of piperidine rings is 1. The topological polar surface area (TPSA) is 58.4 Å². The summed E-state index contributed by atoms with van der Waals surface area (Å²) in [4.78, 5) is 13.2. The van der Waals surface area contributed by atoms with E-state index in [2.05, 4.69) is 17.1 Å². The van der Waals surface area contributed by atoms with Crippen LogP contribution in [0.4, 0.5) is 0 Å². The van der Waals surface area contributed by atoms with Crippen molar-refractivity contribution >= 4 is 5.91 Å². The Labute approximate surface area is 92.2 Å². The molecule has 1 amide bonds. The molecule has 0 aromatic rings. The fourth-order valence-corrected chi connectivity index (χ4v) is 2.16. The van der Waals surface area contributed by atoms with E-state index in [1.165, 1.54) is 12.8 Å². The molecule has 1 rings (SSSR count). The van der Waals surface area contributed by atoms with Gasteiger partial charge in [0.25, 0.3) is 0 Å². The van der Waals surface area contributed by atoms with Crippen LogP contribution >= 0.6 is 0 Å². The third kappa shape index (κ3) is 4.62. The lowest BCUT2D eigenvalue weighted by Crippen LogP contribution is -2.47. The van der Waals surface area contributed by atoms with Crippen LogP contribution in [0, 0.1) is 0 Å². The molecule has 1 fully saturated rings. The van der Waals surface area contributed by atoms with Crippen molar-refractivity contribution in [2.24, 2.45) is 5.73 Å². The van der Waals surface area contributed by atoms with Crippen molar-refractivity contribution in [3.05, 3.63) is 0 Å². The van der Waals surface area contributed by atoms with Crippen LogP contribution in [0.15, 0.2) is 0 Å². The number of amides is 1. The molecule has 88 valence electrons. The summed E-state index contributed by atoms with van der Waals surface area (Å²) >= 11 is 0. The van der Waals surface area contributed by atoms with Crippen molar-refractivity contribution in [2.45, 2.75) is 38.6 Å². The molecule has 1 aliphatic heterocycles. The number of nitrogens with two attached hydrogens (primary N) is 1. The van der Waals surface area contributed by atoms with Crippen LogP contribution in [0.2, 0.25) is 0 Å². The first-order valence-electron chi connectivity index (χ1n) is 5.97. The van der Waals surface area contributed by atoms with Gasteiger partial charge in [0.15, 0.2) is 0 Å². The van der Waals surface area contributed by atoms with Gasteiger partial charge in [0.05, 0.1) is 0 Å². The Bertz CT molecular complexity index is 190. The summed E-state index contributed by atoms with van der Waals surface area (Å²) in [6.07, 6.45) is 4.10. The Kier molecular flexibility index (Phi) is 5.65. The number of carbonyl (C=O) groups is 1. The molecule has 4 nitrogen and oxygen atoms in total. The average Bonchev–Trinajstić information content (AvgIpc) is 2.25. The normalized spacial score (nSPS) is 21.9. The van der Waals surface area contributed by atoms with Crippen LogP contribution < -0.4 is 11.1 Å². The number of nitrogens with one attached hydrogen (secondary N) is 1. The van der Waals surface area contributed by atoms with Gasteiger partial charge in [-0.05, 0) is 32.4 Å². The Morgan fingerprint density at radius 2 is 2.33 bits per heavy atom. The zero-order chi connectivity index (χ0) is 11.1. The Hall–Kier alpha value is -0.610. The zero-order valence-electron chi connectivity index (χ0n) is 9.67. The number of hydrogen-bond acceptors (Lipinski definition) is 3. The lowest BCUT2D eigenvalue weighted by molar-refractivity contribution is -0.118. The van der Waals surface area contributed by atoms with E-state index in [1.807, 2.05) is 0 Å². The molecule has 1 saturated heterocycles. The largest absolute Gasteiger partial charge is 0.370 e. The van der Waals surface area contributed by atoms with Crippen molar-refractivity contribution in [1.29, 1.82) is 0 Å². The van der Waals surface area contributed by atoms with E-state index in [4.69, 9.17) is 5.73 Å². The predicted octanol–water partition coefficient (Wildman–Crippen LogP) is 0.326. The second kappa shape index (κ2) is 6.80. The quantitative estimate of drug-likeness (QED) is 0.668. The molecule has 0 aromatic heterocycles. The van der Waals surface area contributed by atoms with E-state index in [0.29, 0.717) is 12.5 Å². The number of rotatable bonds is 6. The van der Waals surface area contributed by atoms with Gasteiger partial charge in [-0.3, -0.25) is 9.69 Å². The number of hydrogen-bond donors (Lipinski definition) is 2. The van der Waals surface area contributed by atoms with Crippen molar-refractivity contribution in [2.75, 3.05) is 26.2 Å². The van der Waals surface area contributed by atoms with Gasteiger partial charge in [-0.25, -0.2) is 0 Å². The molecule has 0 saturated carbocycles. The molecule has 4 heteroatoms. The number of primary amides is 1. The van der Waals surface area contributed by atoms with Crippen LogP contribution in [0.25, 0.3) is 0 Å². The molecular weight excluding hydrogens is 190 g/mol. The minimum absolute atomic E-state index is 0.195. The highest BCUT2D eigenvalue weighted by Gasteiger charge is 2.20. The Balaban J connectivity index is 2.36. The van der Waals surface area contributed by atoms with Crippen LogP contribution in [-0.4, -0.2) is 43.0 Å². The van der Waals surface area contributed by atoms with Gasteiger partial charge in [-0.15, -0.1) is 0 Å². The van der Waals surface area contributed by atoms with Gasteiger partial charge in [-0.2, -0.15) is 0 Å². The fraction of sp³-hybridized carbons (Fsp3) is 0.909. The third-order valence-electron chi connectivity index (χ3n) is 2.94. The molecular formula is C11H23N3O. The third-order valence-corrected chi connectivity index (χ3v) is 2.94. The Morgan fingerprint density at radius 3 is 2.87 bits per heavy atom. The standard InChI is InChI=1S/C11H23N3O/c1-2-7-14(8-5-11(12)15)10-4-3-6-13-9-10/h10,13H,2-9H2,1H3,(H2,12,15). The molecule has 3 N–H and O–H groups in total. The predicted molar refractivity (Wildman–Crippen MR) is 61.6 cm³/mol. The molecule has 0 aliphatic carbocycles. The average molecular weight is 213 g/mol. The maximum atomic E-state index is 10.8. The van der Waals surface area contributed by atoms with E-state index in [0.717, 1.165) is 32.6 Å². The Morgan fingerprint density at radius 1 is 1.53 bits per heavy atom. The highest BCUT2D eigenvalue weighted by Crippen LogP contribution is 2.11. The van der Waals surface area contributed by atoms with Crippen molar-refractivity contribution in [3.63, 3.8) is 0 Å².